The van der Waals surface area contributed by atoms with Crippen molar-refractivity contribution in [2.45, 2.75) is 59.4 Å². The molecule has 0 heterocycles. The van der Waals surface area contributed by atoms with E-state index in [1.807, 2.05) is 0 Å². The average Bonchev–Trinajstić information content (AvgIpc) is 3.09. The van der Waals surface area contributed by atoms with Crippen LogP contribution in [0.4, 0.5) is 0 Å². The molecule has 17 heavy (non-hydrogen) atoms. The first-order chi connectivity index (χ1) is 8.02. The maximum Gasteiger partial charge on any atom is 0.00923 e. The van der Waals surface area contributed by atoms with Crippen molar-refractivity contribution >= 4 is 0 Å². The topological polar surface area (TPSA) is 15.3 Å². The van der Waals surface area contributed by atoms with E-state index in [0.717, 1.165) is 25.0 Å². The van der Waals surface area contributed by atoms with Crippen LogP contribution in [0, 0.1) is 11.3 Å². The van der Waals surface area contributed by atoms with E-state index in [2.05, 4.69) is 45.0 Å². The first kappa shape index (κ1) is 15.0. The van der Waals surface area contributed by atoms with Gasteiger partial charge in [-0.05, 0) is 51.1 Å². The van der Waals surface area contributed by atoms with E-state index in [9.17, 15) is 0 Å². The molecule has 0 saturated heterocycles. The summed E-state index contributed by atoms with van der Waals surface area (Å²) in [4.78, 5) is 2.59. The zero-order chi connectivity index (χ0) is 12.9. The van der Waals surface area contributed by atoms with Gasteiger partial charge in [0.25, 0.3) is 0 Å². The third-order valence-corrected chi connectivity index (χ3v) is 4.29. The van der Waals surface area contributed by atoms with Crippen LogP contribution in [0.5, 0.6) is 0 Å². The highest BCUT2D eigenvalue weighted by Crippen LogP contribution is 2.36. The smallest absolute Gasteiger partial charge is 0.00923 e. The number of nitrogens with zero attached hydrogens (tertiary/aromatic N) is 1. The molecule has 0 spiro atoms. The van der Waals surface area contributed by atoms with Crippen LogP contribution >= 0.6 is 0 Å². The van der Waals surface area contributed by atoms with Gasteiger partial charge in [0.1, 0.15) is 0 Å². The molecule has 0 radical (unpaired) electrons. The zero-order valence-electron chi connectivity index (χ0n) is 12.6. The Bertz CT molecular complexity index is 213. The van der Waals surface area contributed by atoms with Crippen LogP contribution in [0.3, 0.4) is 0 Å². The Morgan fingerprint density at radius 3 is 2.47 bits per heavy atom. The molecule has 2 heteroatoms. The molecule has 1 aliphatic rings. The second kappa shape index (κ2) is 6.75. The van der Waals surface area contributed by atoms with E-state index in [1.54, 1.807) is 0 Å². The van der Waals surface area contributed by atoms with E-state index in [-0.39, 0.29) is 0 Å². The molecule has 1 fully saturated rings. The number of nitrogens with one attached hydrogen (secondary N) is 1. The van der Waals surface area contributed by atoms with Crippen molar-refractivity contribution in [1.82, 2.24) is 10.2 Å². The molecule has 1 N–H and O–H groups in total. The molecular formula is C15H32N2. The van der Waals surface area contributed by atoms with Crippen molar-refractivity contribution < 1.29 is 0 Å². The fourth-order valence-electron chi connectivity index (χ4n) is 2.94. The molecule has 0 amide bonds. The highest BCUT2D eigenvalue weighted by molar-refractivity contribution is 4.87. The van der Waals surface area contributed by atoms with Crippen molar-refractivity contribution in [3.8, 4) is 0 Å². The summed E-state index contributed by atoms with van der Waals surface area (Å²) in [5.41, 5.74) is 0.433. The van der Waals surface area contributed by atoms with Gasteiger partial charge in [-0.15, -0.1) is 0 Å². The van der Waals surface area contributed by atoms with Gasteiger partial charge >= 0.3 is 0 Å². The van der Waals surface area contributed by atoms with Gasteiger partial charge in [0.05, 0.1) is 0 Å². The Balaban J connectivity index is 2.45. The summed E-state index contributed by atoms with van der Waals surface area (Å²) in [6.07, 6.45) is 5.50. The van der Waals surface area contributed by atoms with Crippen LogP contribution in [0.25, 0.3) is 0 Å². The third kappa shape index (κ3) is 4.97. The summed E-state index contributed by atoms with van der Waals surface area (Å²) in [6.45, 7) is 12.8. The van der Waals surface area contributed by atoms with Gasteiger partial charge in [-0.2, -0.15) is 0 Å². The predicted molar refractivity (Wildman–Crippen MR) is 76.4 cm³/mol. The predicted octanol–water partition coefficient (Wildman–Crippen LogP) is 3.13. The lowest BCUT2D eigenvalue weighted by molar-refractivity contribution is 0.133. The molecule has 0 aromatic rings. The molecule has 0 bridgehead atoms. The minimum atomic E-state index is 0.433. The van der Waals surface area contributed by atoms with Crippen LogP contribution in [0.2, 0.25) is 0 Å². The zero-order valence-corrected chi connectivity index (χ0v) is 12.6. The summed E-state index contributed by atoms with van der Waals surface area (Å²) in [6, 6.07) is 0.771. The largest absolute Gasteiger partial charge is 0.316 e. The number of rotatable bonds is 9. The minimum Gasteiger partial charge on any atom is -0.316 e. The lowest BCUT2D eigenvalue weighted by Gasteiger charge is -2.37. The average molecular weight is 240 g/mol. The van der Waals surface area contributed by atoms with Crippen LogP contribution in [-0.4, -0.2) is 37.6 Å². The van der Waals surface area contributed by atoms with E-state index in [1.165, 1.54) is 32.2 Å². The first-order valence-electron chi connectivity index (χ1n) is 7.43. The molecule has 102 valence electrons. The Morgan fingerprint density at radius 1 is 1.35 bits per heavy atom. The van der Waals surface area contributed by atoms with Crippen LogP contribution in [-0.2, 0) is 0 Å². The second-order valence-electron chi connectivity index (χ2n) is 6.33. The summed E-state index contributed by atoms with van der Waals surface area (Å²) < 4.78 is 0. The van der Waals surface area contributed by atoms with Crippen molar-refractivity contribution in [3.63, 3.8) is 0 Å². The molecule has 2 atom stereocenters. The summed E-state index contributed by atoms with van der Waals surface area (Å²) in [7, 11) is 2.31. The molecule has 2 unspecified atom stereocenters. The molecule has 1 rings (SSSR count). The van der Waals surface area contributed by atoms with E-state index >= 15 is 0 Å². The van der Waals surface area contributed by atoms with Gasteiger partial charge in [0, 0.05) is 19.1 Å². The molecule has 1 aliphatic carbocycles. The highest BCUT2D eigenvalue weighted by Gasteiger charge is 2.33. The molecule has 0 aromatic heterocycles. The summed E-state index contributed by atoms with van der Waals surface area (Å²) in [5.74, 6) is 0.977. The molecule has 0 aliphatic heterocycles. The Morgan fingerprint density at radius 2 is 2.00 bits per heavy atom. The van der Waals surface area contributed by atoms with Gasteiger partial charge in [-0.3, -0.25) is 0 Å². The van der Waals surface area contributed by atoms with Crippen molar-refractivity contribution in [2.75, 3.05) is 26.7 Å². The lowest BCUT2D eigenvalue weighted by atomic mass is 9.84. The monoisotopic (exact) mass is 240 g/mol. The summed E-state index contributed by atoms with van der Waals surface area (Å²) >= 11 is 0. The fraction of sp³-hybridized carbons (Fsp3) is 1.00. The third-order valence-electron chi connectivity index (χ3n) is 4.29. The van der Waals surface area contributed by atoms with Gasteiger partial charge in [-0.25, -0.2) is 0 Å². The fourth-order valence-corrected chi connectivity index (χ4v) is 2.94. The SMILES string of the molecule is CCCC(C)(CNCC)CN(C)C(C)C1CC1. The van der Waals surface area contributed by atoms with Crippen molar-refractivity contribution in [3.05, 3.63) is 0 Å². The van der Waals surface area contributed by atoms with E-state index in [4.69, 9.17) is 0 Å². The molecule has 2 nitrogen and oxygen atoms in total. The van der Waals surface area contributed by atoms with Gasteiger partial charge in [0.2, 0.25) is 0 Å². The standard InChI is InChI=1S/C15H32N2/c1-6-10-15(4,11-16-7-2)12-17(5)13(3)14-8-9-14/h13-14,16H,6-12H2,1-5H3. The number of hydrogen-bond donors (Lipinski definition) is 1. The quantitative estimate of drug-likeness (QED) is 0.666. The van der Waals surface area contributed by atoms with E-state index in [0.29, 0.717) is 5.41 Å². The maximum absolute atomic E-state index is 3.54. The van der Waals surface area contributed by atoms with Crippen molar-refractivity contribution in [2.24, 2.45) is 11.3 Å². The number of hydrogen-bond acceptors (Lipinski definition) is 2. The van der Waals surface area contributed by atoms with Crippen molar-refractivity contribution in [1.29, 1.82) is 0 Å². The second-order valence-corrected chi connectivity index (χ2v) is 6.33. The van der Waals surface area contributed by atoms with Crippen LogP contribution in [0.1, 0.15) is 53.4 Å². The minimum absolute atomic E-state index is 0.433. The van der Waals surface area contributed by atoms with Gasteiger partial charge < -0.3 is 10.2 Å². The van der Waals surface area contributed by atoms with Crippen LogP contribution < -0.4 is 5.32 Å². The van der Waals surface area contributed by atoms with Gasteiger partial charge in [0.15, 0.2) is 0 Å². The summed E-state index contributed by atoms with van der Waals surface area (Å²) in [5, 5.41) is 3.54. The maximum atomic E-state index is 3.54. The first-order valence-corrected chi connectivity index (χ1v) is 7.43. The van der Waals surface area contributed by atoms with Crippen LogP contribution in [0.15, 0.2) is 0 Å². The Kier molecular flexibility index (Phi) is 5.94. The highest BCUT2D eigenvalue weighted by atomic mass is 15.1. The van der Waals surface area contributed by atoms with Gasteiger partial charge in [-0.1, -0.05) is 27.2 Å². The Hall–Kier alpha value is -0.0800. The lowest BCUT2D eigenvalue weighted by Crippen LogP contribution is -2.44. The molecule has 1 saturated carbocycles. The van der Waals surface area contributed by atoms with E-state index < -0.39 is 0 Å². The normalized spacial score (nSPS) is 21.5. The molecule has 0 aromatic carbocycles. The Labute approximate surface area is 108 Å². The molecular weight excluding hydrogens is 208 g/mol.